The number of hydrogen-bond donors (Lipinski definition) is 0. The second-order valence-electron chi connectivity index (χ2n) is 0.189. The first-order valence-electron chi connectivity index (χ1n) is 0.689. The molecule has 0 amide bonds. The van der Waals surface area contributed by atoms with E-state index in [0.29, 0.717) is 0 Å². The van der Waals surface area contributed by atoms with Gasteiger partial charge in [-0.2, -0.15) is 0 Å². The zero-order valence-electron chi connectivity index (χ0n) is 2.77. The van der Waals surface area contributed by atoms with Crippen molar-refractivity contribution < 1.29 is 11.0 Å². The molecule has 0 saturated carbocycles. The Balaban J connectivity index is -0.0000000200. The van der Waals surface area contributed by atoms with Gasteiger partial charge in [-0.05, 0) is 0 Å². The molecule has 4 heteroatoms. The summed E-state index contributed by atoms with van der Waals surface area (Å²) in [5.41, 5.74) is 0. The molecule has 5 heavy (non-hydrogen) atoms. The van der Waals surface area contributed by atoms with Crippen LogP contribution >= 0.6 is 12.7 Å². The van der Waals surface area contributed by atoms with E-state index in [9.17, 15) is 0 Å². The molecular formula is CH5BrO2Sn. The van der Waals surface area contributed by atoms with Crippen molar-refractivity contribution in [3.8, 4) is 0 Å². The van der Waals surface area contributed by atoms with Gasteiger partial charge in [0.05, 0.1) is 0 Å². The molecule has 2 N–H and O–H groups in total. The molecule has 0 aliphatic rings. The molecule has 0 atom stereocenters. The minimum Gasteiger partial charge on any atom is -0.870 e. The molecule has 0 aromatic rings. The maximum Gasteiger partial charge on any atom is -0.870 e. The van der Waals surface area contributed by atoms with Crippen LogP contribution in [0.2, 0.25) is 4.94 Å². The molecule has 0 aromatic carbocycles. The Morgan fingerprint density at radius 1 is 1.40 bits per heavy atom. The van der Waals surface area contributed by atoms with E-state index in [1.807, 2.05) is 0 Å². The summed E-state index contributed by atoms with van der Waals surface area (Å²) in [6.07, 6.45) is 0. The number of hydrogen-bond acceptors (Lipinski definition) is 2. The van der Waals surface area contributed by atoms with Gasteiger partial charge in [-0.3, -0.25) is 0 Å². The molecule has 0 aliphatic carbocycles. The minimum atomic E-state index is 0. The van der Waals surface area contributed by atoms with Crippen LogP contribution in [-0.2, 0) is 0 Å². The van der Waals surface area contributed by atoms with Crippen LogP contribution < -0.4 is 0 Å². The van der Waals surface area contributed by atoms with Gasteiger partial charge in [0.15, 0.2) is 0 Å². The molecule has 0 fully saturated rings. The van der Waals surface area contributed by atoms with Crippen molar-refractivity contribution in [2.45, 2.75) is 4.94 Å². The zero-order valence-corrected chi connectivity index (χ0v) is 7.21. The predicted molar refractivity (Wildman–Crippen MR) is 24.4 cm³/mol. The van der Waals surface area contributed by atoms with Gasteiger partial charge in [-0.15, -0.1) is 0 Å². The Bertz CT molecular complexity index is 9.61. The van der Waals surface area contributed by atoms with Crippen LogP contribution in [0.1, 0.15) is 0 Å². The van der Waals surface area contributed by atoms with Crippen LogP contribution in [0.3, 0.4) is 0 Å². The third-order valence-corrected chi connectivity index (χ3v) is 0. The molecule has 32 valence electrons. The quantitative estimate of drug-likeness (QED) is 0.592. The first kappa shape index (κ1) is 16.4. The molecule has 0 unspecified atom stereocenters. The van der Waals surface area contributed by atoms with Crippen LogP contribution in [0.15, 0.2) is 0 Å². The molecule has 0 rings (SSSR count). The summed E-state index contributed by atoms with van der Waals surface area (Å²) in [7, 11) is 0. The molecule has 0 aliphatic heterocycles. The van der Waals surface area contributed by atoms with Crippen LogP contribution in [0.25, 0.3) is 0 Å². The van der Waals surface area contributed by atoms with Crippen molar-refractivity contribution in [3.63, 3.8) is 0 Å². The fourth-order valence-electron chi connectivity index (χ4n) is 0. The summed E-state index contributed by atoms with van der Waals surface area (Å²) in [6.45, 7) is 0. The van der Waals surface area contributed by atoms with E-state index in [1.54, 1.807) is 0 Å². The summed E-state index contributed by atoms with van der Waals surface area (Å²) in [5.74, 6) is 0. The fourth-order valence-corrected chi connectivity index (χ4v) is 0. The van der Waals surface area contributed by atoms with Crippen LogP contribution in [0.4, 0.5) is 0 Å². The van der Waals surface area contributed by atoms with E-state index in [2.05, 4.69) is 17.6 Å². The third-order valence-electron chi connectivity index (χ3n) is 0. The van der Waals surface area contributed by atoms with E-state index >= 15 is 0 Å². The van der Waals surface area contributed by atoms with Gasteiger partial charge in [0, 0.05) is 0 Å². The van der Waals surface area contributed by atoms with E-state index in [-0.39, 0.29) is 29.9 Å². The Morgan fingerprint density at radius 3 is 1.40 bits per heavy atom. The van der Waals surface area contributed by atoms with Gasteiger partial charge < -0.3 is 11.0 Å². The predicted octanol–water partition coefficient (Wildman–Crippen LogP) is 0.695. The van der Waals surface area contributed by atoms with Gasteiger partial charge in [0.25, 0.3) is 0 Å². The van der Waals surface area contributed by atoms with Crippen LogP contribution in [0.5, 0.6) is 0 Å². The van der Waals surface area contributed by atoms with Gasteiger partial charge in [0.2, 0.25) is 0 Å². The largest absolute Gasteiger partial charge is 0.870 e. The number of halogens is 1. The average Bonchev–Trinajstić information content (AvgIpc) is 0.918. The maximum atomic E-state index is 3.32. The molecule has 2 nitrogen and oxygen atoms in total. The van der Waals surface area contributed by atoms with Crippen LogP contribution in [-0.4, -0.2) is 29.9 Å². The van der Waals surface area contributed by atoms with E-state index in [0.717, 1.165) is 0 Å². The molecule has 0 heterocycles. The Morgan fingerprint density at radius 2 is 1.40 bits per heavy atom. The summed E-state index contributed by atoms with van der Waals surface area (Å²) in [4.78, 5) is 2.21. The zero-order chi connectivity index (χ0) is 2.71. The maximum absolute atomic E-state index is 3.32. The van der Waals surface area contributed by atoms with E-state index in [4.69, 9.17) is 0 Å². The first-order chi connectivity index (χ1) is 1.41. The molecular weight excluding hydrogens is 243 g/mol. The summed E-state index contributed by atoms with van der Waals surface area (Å²) in [6, 6.07) is 0. The molecule has 0 saturated heterocycles. The Labute approximate surface area is 47.5 Å². The van der Waals surface area contributed by atoms with Crippen LogP contribution in [0, 0.1) is 0 Å². The smallest absolute Gasteiger partial charge is 0.870 e. The van der Waals surface area contributed by atoms with Gasteiger partial charge in [-0.25, -0.2) is 0 Å². The average molecular weight is 248 g/mol. The van der Waals surface area contributed by atoms with E-state index < -0.39 is 0 Å². The van der Waals surface area contributed by atoms with E-state index in [1.165, 1.54) is 0 Å². The summed E-state index contributed by atoms with van der Waals surface area (Å²) in [5, 5.41) is 0. The molecule has 0 aromatic heterocycles. The summed E-state index contributed by atoms with van der Waals surface area (Å²) < 4.78 is 0. The molecule has 0 radical (unpaired) electrons. The van der Waals surface area contributed by atoms with Crippen molar-refractivity contribution in [3.05, 3.63) is 0 Å². The fraction of sp³-hybridized carbons (Fsp3) is 1.00. The molecule has 0 bridgehead atoms. The Hall–Kier alpha value is 1.20. The molecule has 0 spiro atoms. The SMILES string of the molecule is [CH3][Sn+2][Br].[OH-].[OH-]. The second-order valence-corrected chi connectivity index (χ2v) is 6.59. The van der Waals surface area contributed by atoms with Gasteiger partial charge in [-0.1, -0.05) is 0 Å². The monoisotopic (exact) mass is 248 g/mol. The van der Waals surface area contributed by atoms with Crippen molar-refractivity contribution in [2.75, 3.05) is 0 Å². The minimum absolute atomic E-state index is 0. The normalized spacial score (nSPS) is 2.00. The van der Waals surface area contributed by atoms with Gasteiger partial charge in [0.1, 0.15) is 0 Å². The van der Waals surface area contributed by atoms with Crippen molar-refractivity contribution in [2.24, 2.45) is 0 Å². The van der Waals surface area contributed by atoms with Crippen molar-refractivity contribution >= 4 is 31.6 Å². The third kappa shape index (κ3) is 37.0. The van der Waals surface area contributed by atoms with Gasteiger partial charge >= 0.3 is 36.6 Å². The first-order valence-corrected chi connectivity index (χ1v) is 9.94. The van der Waals surface area contributed by atoms with Crippen molar-refractivity contribution in [1.29, 1.82) is 0 Å². The number of rotatable bonds is 0. The Kier molecular flexibility index (Phi) is 62.1. The standard InChI is InChI=1S/CH3.BrH.2H2O.Sn/h1H3;1H;2*1H2;/q;;;;+3/p-3. The van der Waals surface area contributed by atoms with Crippen molar-refractivity contribution in [1.82, 2.24) is 0 Å². The topological polar surface area (TPSA) is 60.0 Å². The summed E-state index contributed by atoms with van der Waals surface area (Å²) >= 11 is 3.36. The second kappa shape index (κ2) is 19.0.